The number of aromatic hydroxyl groups is 1. The first-order chi connectivity index (χ1) is 22.4. The van der Waals surface area contributed by atoms with Crippen LogP contribution in [0.1, 0.15) is 28.4 Å². The normalized spacial score (nSPS) is 7.07. The van der Waals surface area contributed by atoms with Gasteiger partial charge in [-0.05, 0) is 148 Å². The van der Waals surface area contributed by atoms with Gasteiger partial charge in [-0.3, -0.25) is 0 Å². The third-order valence-electron chi connectivity index (χ3n) is 4.86. The van der Waals surface area contributed by atoms with E-state index >= 15 is 0 Å². The highest BCUT2D eigenvalue weighted by Crippen LogP contribution is 2.26. The molecule has 10 nitrogen and oxygen atoms in total. The van der Waals surface area contributed by atoms with Gasteiger partial charge in [0.2, 0.25) is 0 Å². The van der Waals surface area contributed by atoms with E-state index in [0.29, 0.717) is 6.54 Å². The smallest absolute Gasteiger partial charge is 0.164 e. The number of phenolic OH excluding ortho intramolecular Hbond substituents is 1. The zero-order chi connectivity index (χ0) is 34.4. The summed E-state index contributed by atoms with van der Waals surface area (Å²) in [6.45, 7) is 4.45. The summed E-state index contributed by atoms with van der Waals surface area (Å²) >= 11 is 0. The second kappa shape index (κ2) is 24.9. The lowest BCUT2D eigenvalue weighted by Gasteiger charge is -2.10. The molecule has 0 saturated heterocycles. The summed E-state index contributed by atoms with van der Waals surface area (Å²) in [5.74, 6) is 40.9. The van der Waals surface area contributed by atoms with Crippen molar-refractivity contribution < 1.29 is 21.3 Å². The van der Waals surface area contributed by atoms with Crippen LogP contribution in [-0.2, 0) is 6.54 Å². The summed E-state index contributed by atoms with van der Waals surface area (Å²) in [6, 6.07) is 13.5. The Hall–Kier alpha value is -7.87. The van der Waals surface area contributed by atoms with E-state index in [2.05, 4.69) is 105 Å². The monoisotopic (exact) mass is 618 g/mol. The maximum absolute atomic E-state index is 9.94. The van der Waals surface area contributed by atoms with Crippen LogP contribution in [0, 0.1) is 137 Å². The van der Waals surface area contributed by atoms with Gasteiger partial charge in [0.25, 0.3) is 0 Å². The highest BCUT2D eigenvalue weighted by Gasteiger charge is 2.13. The third-order valence-corrected chi connectivity index (χ3v) is 4.86. The fourth-order valence-electron chi connectivity index (χ4n) is 2.89. The number of benzene rings is 2. The summed E-state index contributed by atoms with van der Waals surface area (Å²) in [5, 5.41) is 18.4. The Morgan fingerprint density at radius 3 is 1.65 bits per heavy atom. The van der Waals surface area contributed by atoms with Gasteiger partial charge in [0.15, 0.2) is 5.82 Å². The second-order valence-corrected chi connectivity index (χ2v) is 7.64. The minimum Gasteiger partial charge on any atom is -0.508 e. The number of rotatable bonds is 4. The molecule has 0 aliphatic heterocycles. The predicted molar refractivity (Wildman–Crippen MR) is 194 cm³/mol. The van der Waals surface area contributed by atoms with E-state index in [-0.39, 0.29) is 17.2 Å². The Bertz CT molecular complexity index is 2020. The third kappa shape index (κ3) is 15.8. The topological polar surface area (TPSA) is 155 Å². The summed E-state index contributed by atoms with van der Waals surface area (Å²) in [4.78, 5) is 15.8. The summed E-state index contributed by atoms with van der Waals surface area (Å²) < 4.78 is 7.22. The second-order valence-electron chi connectivity index (χ2n) is 7.64. The number of nitrogens with zero attached hydrogens (tertiary/aromatic N) is 5. The predicted octanol–water partition coefficient (Wildman–Crippen LogP) is 6.51. The number of aromatic nitrogens is 3. The maximum Gasteiger partial charge on any atom is 0.164 e. The van der Waals surface area contributed by atoms with Crippen molar-refractivity contribution in [3.8, 4) is 130 Å². The average Bonchev–Trinajstić information content (AvgIpc) is 3.43. The molecular weight excluding hydrogens is 580 g/mol. The largest absolute Gasteiger partial charge is 0.508 e. The molecule has 0 amide bonds. The Balaban J connectivity index is -0.0000000860. The minimum absolute atomic E-state index is 0. The van der Waals surface area contributed by atoms with Gasteiger partial charge in [0.05, 0.1) is 13.7 Å². The molecule has 0 fully saturated rings. The van der Waals surface area contributed by atoms with Crippen molar-refractivity contribution in [2.75, 3.05) is 7.11 Å². The lowest BCUT2D eigenvalue weighted by molar-refractivity contribution is 0.414. The molecule has 0 spiro atoms. The highest BCUT2D eigenvalue weighted by molar-refractivity contribution is 5.59. The highest BCUT2D eigenvalue weighted by atomic mass is 16.7. The number of terminal acetylenes is 2. The van der Waals surface area contributed by atoms with Gasteiger partial charge in [0.1, 0.15) is 17.3 Å². The van der Waals surface area contributed by atoms with Crippen molar-refractivity contribution in [3.05, 3.63) is 79.8 Å². The molecule has 0 bridgehead atoms. The van der Waals surface area contributed by atoms with Crippen molar-refractivity contribution in [1.82, 2.24) is 14.8 Å². The number of hydrogen-bond acceptors (Lipinski definition) is 7. The van der Waals surface area contributed by atoms with E-state index in [9.17, 15) is 5.11 Å². The molecule has 0 saturated carbocycles. The molecule has 0 atom stereocenters. The van der Waals surface area contributed by atoms with Crippen molar-refractivity contribution in [1.29, 1.82) is 5.53 Å². The quantitative estimate of drug-likeness (QED) is 0.147. The molecule has 3 aromatic rings. The molecule has 46 heavy (non-hydrogen) atoms. The van der Waals surface area contributed by atoms with Crippen molar-refractivity contribution >= 4 is 0 Å². The minimum atomic E-state index is 0. The van der Waals surface area contributed by atoms with Crippen LogP contribution in [0.2, 0.25) is 0 Å². The summed E-state index contributed by atoms with van der Waals surface area (Å²) in [5.41, 5.74) is 15.1. The molecule has 0 unspecified atom stereocenters. The van der Waals surface area contributed by atoms with Gasteiger partial charge < -0.3 is 14.4 Å². The maximum atomic E-state index is 9.94. The average molecular weight is 619 g/mol. The number of methoxy groups -OCH3 is 1. The lowest BCUT2D eigenvalue weighted by atomic mass is 10.1. The SMILES string of the molecule is C#CC#CC#CC#CC#CC#CC#CC#CC#C.COc1ccc(Cn2c(C)nnc2-c2ccc(C)c(O)c2)cc1.O=O.[HH].[HH].[HH].[HH].[HH].[HH].[HH].[HH].[N-]=[N+]=N. The van der Waals surface area contributed by atoms with E-state index in [4.69, 9.17) is 38.6 Å². The number of ether oxygens (including phenoxy) is 1. The van der Waals surface area contributed by atoms with Crippen LogP contribution >= 0.6 is 0 Å². The van der Waals surface area contributed by atoms with Gasteiger partial charge in [-0.15, -0.1) is 28.6 Å². The molecular formula is C36H38N6O4. The van der Waals surface area contributed by atoms with E-state index in [1.54, 1.807) is 18.1 Å². The number of hydrogen-bond donors (Lipinski definition) is 2. The molecule has 10 heteroatoms. The van der Waals surface area contributed by atoms with Gasteiger partial charge in [0, 0.05) is 26.9 Å². The lowest BCUT2D eigenvalue weighted by Crippen LogP contribution is -2.04. The molecule has 2 N–H and O–H groups in total. The first kappa shape index (κ1) is 38.1. The van der Waals surface area contributed by atoms with Gasteiger partial charge in [-0.2, -0.15) is 0 Å². The van der Waals surface area contributed by atoms with E-state index in [1.165, 1.54) is 0 Å². The molecule has 2 aromatic carbocycles. The Morgan fingerprint density at radius 2 is 1.26 bits per heavy atom. The van der Waals surface area contributed by atoms with Crippen LogP contribution in [-0.4, -0.2) is 27.0 Å². The Kier molecular flexibility index (Phi) is 20.6. The van der Waals surface area contributed by atoms with E-state index in [1.807, 2.05) is 54.8 Å². The van der Waals surface area contributed by atoms with Crippen LogP contribution in [0.5, 0.6) is 11.5 Å². The van der Waals surface area contributed by atoms with Gasteiger partial charge in [-0.25, -0.2) is 0 Å². The van der Waals surface area contributed by atoms with Crippen molar-refractivity contribution in [3.63, 3.8) is 0 Å². The molecule has 0 aliphatic rings. The van der Waals surface area contributed by atoms with Crippen LogP contribution in [0.3, 0.4) is 0 Å². The fraction of sp³-hybridized carbons (Fsp3) is 0.111. The van der Waals surface area contributed by atoms with Crippen LogP contribution in [0.25, 0.3) is 21.8 Å². The number of aryl methyl sites for hydroxylation is 2. The summed E-state index contributed by atoms with van der Waals surface area (Å²) in [6.07, 6.45) is 9.76. The fourth-order valence-corrected chi connectivity index (χ4v) is 2.89. The number of phenols is 1. The molecule has 1 aromatic heterocycles. The first-order valence-corrected chi connectivity index (χ1v) is 12.3. The molecule has 0 radical (unpaired) electrons. The molecule has 3 rings (SSSR count). The van der Waals surface area contributed by atoms with Crippen LogP contribution in [0.4, 0.5) is 0 Å². The van der Waals surface area contributed by atoms with E-state index in [0.717, 1.165) is 34.1 Å². The van der Waals surface area contributed by atoms with Crippen molar-refractivity contribution in [2.45, 2.75) is 20.4 Å². The molecule has 1 heterocycles. The molecule has 236 valence electrons. The standard InChI is InChI=1S/C18H19N3O2.C18H2.HN3.O2.8H2/c1-12-4-7-15(10-17(12)22)18-20-19-13(2)21(18)11-14-5-8-16(23-3)9-6-14;1-3-5-7-9-11-13-15-17-18-16-14-12-10-8-6-4-2;1-3-2;1-2;;;;;;;;/h4-10,22H,11H2,1-3H3;1-2H;1H;;8*1H. The Labute approximate surface area is 279 Å². The summed E-state index contributed by atoms with van der Waals surface area (Å²) in [7, 11) is 1.65. The molecule has 0 aliphatic carbocycles. The first-order valence-electron chi connectivity index (χ1n) is 12.3. The Morgan fingerprint density at radius 1 is 0.826 bits per heavy atom. The van der Waals surface area contributed by atoms with Crippen molar-refractivity contribution in [2.24, 2.45) is 0 Å². The van der Waals surface area contributed by atoms with Gasteiger partial charge >= 0.3 is 0 Å². The van der Waals surface area contributed by atoms with Crippen LogP contribution in [0.15, 0.2) is 42.5 Å². The zero-order valence-corrected chi connectivity index (χ0v) is 24.8. The zero-order valence-electron chi connectivity index (χ0n) is 24.8. The van der Waals surface area contributed by atoms with E-state index < -0.39 is 0 Å². The van der Waals surface area contributed by atoms with Crippen LogP contribution < -0.4 is 4.74 Å². The van der Waals surface area contributed by atoms with Gasteiger partial charge in [-0.1, -0.05) is 24.3 Å². The number of nitrogens with one attached hydrogen (secondary N) is 1.